The second-order valence-corrected chi connectivity index (χ2v) is 6.01. The molecule has 0 aliphatic carbocycles. The Balaban J connectivity index is 1.56. The predicted molar refractivity (Wildman–Crippen MR) is 88.7 cm³/mol. The first-order chi connectivity index (χ1) is 11.6. The van der Waals surface area contributed by atoms with E-state index in [-0.39, 0.29) is 11.9 Å². The molecular weight excluding hydrogens is 308 g/mol. The fourth-order valence-corrected chi connectivity index (χ4v) is 2.70. The molecule has 1 aliphatic rings. The molecule has 1 aromatic carbocycles. The quantitative estimate of drug-likeness (QED) is 0.895. The average Bonchev–Trinajstić information content (AvgIpc) is 3.02. The van der Waals surface area contributed by atoms with E-state index >= 15 is 0 Å². The Morgan fingerprint density at radius 1 is 1.29 bits per heavy atom. The lowest BCUT2D eigenvalue weighted by atomic mass is 10.1. The first-order valence-electron chi connectivity index (χ1n) is 8.13. The normalized spacial score (nSPS) is 16.8. The van der Waals surface area contributed by atoms with Gasteiger partial charge >= 0.3 is 0 Å². The smallest absolute Gasteiger partial charge is 0.257 e. The molecule has 1 aliphatic heterocycles. The first kappa shape index (κ1) is 16.6. The Morgan fingerprint density at radius 3 is 2.62 bits per heavy atom. The highest BCUT2D eigenvalue weighted by molar-refractivity contribution is 5.94. The van der Waals surface area contributed by atoms with Crippen LogP contribution in [-0.4, -0.2) is 59.8 Å². The van der Waals surface area contributed by atoms with Crippen molar-refractivity contribution >= 4 is 5.91 Å². The van der Waals surface area contributed by atoms with Gasteiger partial charge in [0, 0.05) is 36.8 Å². The molecule has 1 N–H and O–H groups in total. The summed E-state index contributed by atoms with van der Waals surface area (Å²) in [6.45, 7) is 7.97. The highest BCUT2D eigenvalue weighted by Gasteiger charge is 2.16. The molecule has 7 heteroatoms. The van der Waals surface area contributed by atoms with Crippen LogP contribution in [0.15, 0.2) is 28.8 Å². The Hall–Kier alpha value is -2.25. The van der Waals surface area contributed by atoms with Crippen LogP contribution in [0.1, 0.15) is 23.1 Å². The van der Waals surface area contributed by atoms with Crippen molar-refractivity contribution in [2.24, 2.45) is 0 Å². The summed E-state index contributed by atoms with van der Waals surface area (Å²) in [6, 6.07) is 7.24. The summed E-state index contributed by atoms with van der Waals surface area (Å²) in [5.41, 5.74) is 1.41. The van der Waals surface area contributed by atoms with Gasteiger partial charge in [-0.25, -0.2) is 0 Å². The topological polar surface area (TPSA) is 80.5 Å². The third-order valence-corrected chi connectivity index (χ3v) is 3.93. The van der Waals surface area contributed by atoms with E-state index in [0.717, 1.165) is 38.4 Å². The Labute approximate surface area is 141 Å². The molecule has 0 bridgehead atoms. The van der Waals surface area contributed by atoms with Crippen LogP contribution in [0.5, 0.6) is 0 Å². The van der Waals surface area contributed by atoms with Crippen molar-refractivity contribution in [2.45, 2.75) is 19.9 Å². The molecule has 1 fully saturated rings. The van der Waals surface area contributed by atoms with Crippen molar-refractivity contribution in [3.05, 3.63) is 35.7 Å². The minimum atomic E-state index is -0.0796. The van der Waals surface area contributed by atoms with Crippen molar-refractivity contribution in [3.63, 3.8) is 0 Å². The number of amides is 1. The monoisotopic (exact) mass is 330 g/mol. The van der Waals surface area contributed by atoms with Crippen molar-refractivity contribution in [2.75, 3.05) is 32.8 Å². The standard InChI is InChI=1S/C17H22N4O3/c1-12(11-21-7-9-23-10-8-21)18-16(22)14-3-5-15(6-4-14)17-19-13(2)20-24-17/h3-6,12H,7-11H2,1-2H3,(H,18,22)/t12-/m0/s1. The minimum absolute atomic E-state index is 0.0777. The fraction of sp³-hybridized carbons (Fsp3) is 0.471. The summed E-state index contributed by atoms with van der Waals surface area (Å²) < 4.78 is 10.5. The van der Waals surface area contributed by atoms with Crippen LogP contribution in [0, 0.1) is 6.92 Å². The molecule has 2 aromatic rings. The van der Waals surface area contributed by atoms with Gasteiger partial charge in [-0.15, -0.1) is 0 Å². The fourth-order valence-electron chi connectivity index (χ4n) is 2.70. The van der Waals surface area contributed by atoms with Crippen molar-refractivity contribution in [1.82, 2.24) is 20.4 Å². The number of aromatic nitrogens is 2. The molecule has 1 saturated heterocycles. The Kier molecular flexibility index (Phi) is 5.22. The second-order valence-electron chi connectivity index (χ2n) is 6.01. The van der Waals surface area contributed by atoms with Crippen LogP contribution in [0.2, 0.25) is 0 Å². The lowest BCUT2D eigenvalue weighted by Crippen LogP contribution is -2.46. The molecule has 0 saturated carbocycles. The molecule has 2 heterocycles. The van der Waals surface area contributed by atoms with E-state index in [9.17, 15) is 4.79 Å². The summed E-state index contributed by atoms with van der Waals surface area (Å²) >= 11 is 0. The van der Waals surface area contributed by atoms with Gasteiger partial charge in [0.1, 0.15) is 0 Å². The van der Waals surface area contributed by atoms with E-state index in [0.29, 0.717) is 17.3 Å². The maximum absolute atomic E-state index is 12.3. The van der Waals surface area contributed by atoms with Crippen LogP contribution < -0.4 is 5.32 Å². The number of nitrogens with zero attached hydrogens (tertiary/aromatic N) is 3. The molecule has 1 amide bonds. The average molecular weight is 330 g/mol. The third-order valence-electron chi connectivity index (χ3n) is 3.93. The second kappa shape index (κ2) is 7.55. The van der Waals surface area contributed by atoms with E-state index in [1.807, 2.05) is 19.1 Å². The van der Waals surface area contributed by atoms with E-state index in [1.165, 1.54) is 0 Å². The molecular formula is C17H22N4O3. The van der Waals surface area contributed by atoms with Gasteiger partial charge in [-0.1, -0.05) is 5.16 Å². The largest absolute Gasteiger partial charge is 0.379 e. The molecule has 0 spiro atoms. The number of carbonyl (C=O) groups is 1. The highest BCUT2D eigenvalue weighted by atomic mass is 16.5. The summed E-state index contributed by atoms with van der Waals surface area (Å²) in [4.78, 5) is 18.8. The number of benzene rings is 1. The zero-order valence-electron chi connectivity index (χ0n) is 14.0. The maximum atomic E-state index is 12.3. The molecule has 1 aromatic heterocycles. The number of nitrogens with one attached hydrogen (secondary N) is 1. The number of aryl methyl sites for hydroxylation is 1. The molecule has 1 atom stereocenters. The number of ether oxygens (including phenoxy) is 1. The molecule has 7 nitrogen and oxygen atoms in total. The third kappa shape index (κ3) is 4.18. The van der Waals surface area contributed by atoms with Crippen LogP contribution >= 0.6 is 0 Å². The SMILES string of the molecule is Cc1noc(-c2ccc(C(=O)N[C@@H](C)CN3CCOCC3)cc2)n1. The van der Waals surface area contributed by atoms with Crippen LogP contribution in [0.3, 0.4) is 0 Å². The number of morpholine rings is 1. The number of carbonyl (C=O) groups excluding carboxylic acids is 1. The van der Waals surface area contributed by atoms with Gasteiger partial charge < -0.3 is 14.6 Å². The van der Waals surface area contributed by atoms with Crippen LogP contribution in [-0.2, 0) is 4.74 Å². The van der Waals surface area contributed by atoms with Gasteiger partial charge in [-0.3, -0.25) is 9.69 Å². The molecule has 3 rings (SSSR count). The zero-order valence-corrected chi connectivity index (χ0v) is 14.0. The number of rotatable bonds is 5. The van der Waals surface area contributed by atoms with Gasteiger partial charge in [-0.05, 0) is 38.1 Å². The maximum Gasteiger partial charge on any atom is 0.257 e. The van der Waals surface area contributed by atoms with Crippen LogP contribution in [0.25, 0.3) is 11.5 Å². The van der Waals surface area contributed by atoms with Gasteiger partial charge in [0.2, 0.25) is 0 Å². The van der Waals surface area contributed by atoms with Crippen LogP contribution in [0.4, 0.5) is 0 Å². The Bertz CT molecular complexity index is 677. The Morgan fingerprint density at radius 2 is 2.00 bits per heavy atom. The van der Waals surface area contributed by atoms with Crippen molar-refractivity contribution < 1.29 is 14.1 Å². The lowest BCUT2D eigenvalue weighted by Gasteiger charge is -2.29. The van der Waals surface area contributed by atoms with E-state index in [2.05, 4.69) is 20.4 Å². The summed E-state index contributed by atoms with van der Waals surface area (Å²) in [7, 11) is 0. The van der Waals surface area contributed by atoms with Gasteiger partial charge in [0.25, 0.3) is 11.8 Å². The summed E-state index contributed by atoms with van der Waals surface area (Å²) in [6.07, 6.45) is 0. The van der Waals surface area contributed by atoms with Gasteiger partial charge in [0.15, 0.2) is 5.82 Å². The van der Waals surface area contributed by atoms with E-state index < -0.39 is 0 Å². The van der Waals surface area contributed by atoms with Crippen molar-refractivity contribution in [1.29, 1.82) is 0 Å². The van der Waals surface area contributed by atoms with Gasteiger partial charge in [0.05, 0.1) is 13.2 Å². The summed E-state index contributed by atoms with van der Waals surface area (Å²) in [5.74, 6) is 0.966. The summed E-state index contributed by atoms with van der Waals surface area (Å²) in [5, 5.41) is 6.80. The molecule has 128 valence electrons. The minimum Gasteiger partial charge on any atom is -0.379 e. The van der Waals surface area contributed by atoms with E-state index in [4.69, 9.17) is 9.26 Å². The molecule has 24 heavy (non-hydrogen) atoms. The molecule has 0 radical (unpaired) electrons. The highest BCUT2D eigenvalue weighted by Crippen LogP contribution is 2.17. The zero-order chi connectivity index (χ0) is 16.9. The van der Waals surface area contributed by atoms with E-state index in [1.54, 1.807) is 19.1 Å². The van der Waals surface area contributed by atoms with Crippen molar-refractivity contribution in [3.8, 4) is 11.5 Å². The lowest BCUT2D eigenvalue weighted by molar-refractivity contribution is 0.0342. The number of hydrogen-bond acceptors (Lipinski definition) is 6. The van der Waals surface area contributed by atoms with Gasteiger partial charge in [-0.2, -0.15) is 4.98 Å². The molecule has 0 unspecified atom stereocenters. The number of hydrogen-bond donors (Lipinski definition) is 1. The first-order valence-corrected chi connectivity index (χ1v) is 8.13. The predicted octanol–water partition coefficient (Wildman–Crippen LogP) is 1.50.